The molecule has 152 valence electrons. The van der Waals surface area contributed by atoms with Gasteiger partial charge in [-0.05, 0) is 49.9 Å². The van der Waals surface area contributed by atoms with Crippen molar-refractivity contribution in [3.8, 4) is 11.3 Å². The lowest BCUT2D eigenvalue weighted by Gasteiger charge is -2.22. The van der Waals surface area contributed by atoms with E-state index in [0.717, 1.165) is 27.8 Å². The minimum absolute atomic E-state index is 0.164. The number of nitrogens with one attached hydrogen (secondary N) is 1. The van der Waals surface area contributed by atoms with E-state index in [0.29, 0.717) is 11.5 Å². The molecule has 0 bridgehead atoms. The van der Waals surface area contributed by atoms with Crippen LogP contribution < -0.4 is 5.32 Å². The molecule has 1 aliphatic carbocycles. The molecule has 1 aliphatic heterocycles. The summed E-state index contributed by atoms with van der Waals surface area (Å²) in [6.07, 6.45) is 1.84. The van der Waals surface area contributed by atoms with Gasteiger partial charge in [0.05, 0.1) is 6.54 Å². The first kappa shape index (κ1) is 19.7. The average molecular weight is 460 g/mol. The SMILES string of the molecule is CN(Cc1ccc(-c2ccc(Br)cc2)o1)C(=O)CN1C(=O)N[C@@](C)(C2CC2)C1=O. The normalized spacial score (nSPS) is 21.4. The number of nitrogens with zero attached hydrogens (tertiary/aromatic N) is 2. The van der Waals surface area contributed by atoms with Crippen LogP contribution in [-0.2, 0) is 16.1 Å². The molecule has 2 aliphatic rings. The summed E-state index contributed by atoms with van der Waals surface area (Å²) in [4.78, 5) is 40.0. The molecule has 1 aromatic carbocycles. The quantitative estimate of drug-likeness (QED) is 0.671. The Morgan fingerprint density at radius 1 is 1.24 bits per heavy atom. The van der Waals surface area contributed by atoms with Gasteiger partial charge in [-0.3, -0.25) is 14.5 Å². The van der Waals surface area contributed by atoms with Crippen LogP contribution in [0.1, 0.15) is 25.5 Å². The van der Waals surface area contributed by atoms with Crippen molar-refractivity contribution in [2.24, 2.45) is 5.92 Å². The summed E-state index contributed by atoms with van der Waals surface area (Å²) in [5.74, 6) is 0.857. The maximum absolute atomic E-state index is 12.7. The number of hydrogen-bond donors (Lipinski definition) is 1. The monoisotopic (exact) mass is 459 g/mol. The second-order valence-electron chi connectivity index (χ2n) is 7.82. The molecule has 1 atom stereocenters. The fourth-order valence-corrected chi connectivity index (χ4v) is 3.87. The Hall–Kier alpha value is -2.61. The molecule has 0 radical (unpaired) electrons. The summed E-state index contributed by atoms with van der Waals surface area (Å²) < 4.78 is 6.83. The number of furan rings is 1. The summed E-state index contributed by atoms with van der Waals surface area (Å²) in [6.45, 7) is 1.72. The number of urea groups is 1. The molecule has 0 spiro atoms. The Labute approximate surface area is 177 Å². The maximum atomic E-state index is 12.7. The van der Waals surface area contributed by atoms with Crippen LogP contribution in [0.3, 0.4) is 0 Å². The highest BCUT2D eigenvalue weighted by atomic mass is 79.9. The first-order chi connectivity index (χ1) is 13.8. The molecule has 0 unspecified atom stereocenters. The van der Waals surface area contributed by atoms with Crippen LogP contribution in [0, 0.1) is 5.92 Å². The van der Waals surface area contributed by atoms with Crippen molar-refractivity contribution in [3.63, 3.8) is 0 Å². The van der Waals surface area contributed by atoms with Gasteiger partial charge in [-0.25, -0.2) is 4.79 Å². The van der Waals surface area contributed by atoms with E-state index < -0.39 is 11.6 Å². The number of carbonyl (C=O) groups is 3. The van der Waals surface area contributed by atoms with E-state index in [4.69, 9.17) is 4.42 Å². The summed E-state index contributed by atoms with van der Waals surface area (Å²) >= 11 is 3.40. The van der Waals surface area contributed by atoms with Gasteiger partial charge in [0.25, 0.3) is 5.91 Å². The lowest BCUT2D eigenvalue weighted by molar-refractivity contribution is -0.138. The fraction of sp³-hybridized carbons (Fsp3) is 0.381. The van der Waals surface area contributed by atoms with Crippen LogP contribution in [0.25, 0.3) is 11.3 Å². The molecule has 8 heteroatoms. The Balaban J connectivity index is 1.38. The van der Waals surface area contributed by atoms with Crippen molar-refractivity contribution in [3.05, 3.63) is 46.6 Å². The third kappa shape index (κ3) is 3.81. The smallest absolute Gasteiger partial charge is 0.325 e. The van der Waals surface area contributed by atoms with Gasteiger partial charge < -0.3 is 14.6 Å². The number of imide groups is 1. The summed E-state index contributed by atoms with van der Waals surface area (Å²) in [6, 6.07) is 10.9. The third-order valence-corrected chi connectivity index (χ3v) is 6.13. The first-order valence-corrected chi connectivity index (χ1v) is 10.3. The largest absolute Gasteiger partial charge is 0.459 e. The van der Waals surface area contributed by atoms with Crippen molar-refractivity contribution in [2.75, 3.05) is 13.6 Å². The van der Waals surface area contributed by atoms with Crippen molar-refractivity contribution in [2.45, 2.75) is 31.8 Å². The van der Waals surface area contributed by atoms with Crippen LogP contribution in [-0.4, -0.2) is 46.8 Å². The number of carbonyl (C=O) groups excluding carboxylic acids is 3. The van der Waals surface area contributed by atoms with E-state index in [1.165, 1.54) is 4.90 Å². The van der Waals surface area contributed by atoms with Crippen LogP contribution >= 0.6 is 15.9 Å². The van der Waals surface area contributed by atoms with E-state index in [-0.39, 0.29) is 30.8 Å². The number of likely N-dealkylation sites (N-methyl/N-ethyl adjacent to an activating group) is 1. The van der Waals surface area contributed by atoms with Crippen molar-refractivity contribution < 1.29 is 18.8 Å². The number of hydrogen-bond acceptors (Lipinski definition) is 4. The molecule has 1 N–H and O–H groups in total. The van der Waals surface area contributed by atoms with Crippen LogP contribution in [0.4, 0.5) is 4.79 Å². The number of amides is 4. The van der Waals surface area contributed by atoms with Crippen molar-refractivity contribution in [1.29, 1.82) is 0 Å². The molecule has 1 saturated carbocycles. The van der Waals surface area contributed by atoms with Crippen LogP contribution in [0.15, 0.2) is 45.3 Å². The standard InChI is InChI=1S/C21H22BrN3O4/c1-21(14-5-6-14)19(27)25(20(28)23-21)12-18(26)24(2)11-16-9-10-17(29-16)13-3-7-15(22)8-4-13/h3-4,7-10,14H,5-6,11-12H2,1-2H3,(H,23,28)/t21-/m0/s1. The van der Waals surface area contributed by atoms with Gasteiger partial charge in [-0.2, -0.15) is 0 Å². The molecule has 1 aromatic heterocycles. The molecule has 1 saturated heterocycles. The van der Waals surface area contributed by atoms with E-state index in [9.17, 15) is 14.4 Å². The predicted octanol–water partition coefficient (Wildman–Crippen LogP) is 3.39. The Morgan fingerprint density at radius 3 is 2.59 bits per heavy atom. The number of rotatable bonds is 6. The Morgan fingerprint density at radius 2 is 1.93 bits per heavy atom. The number of halogens is 1. The molecular formula is C21H22BrN3O4. The predicted molar refractivity (Wildman–Crippen MR) is 110 cm³/mol. The van der Waals surface area contributed by atoms with Crippen molar-refractivity contribution >= 4 is 33.8 Å². The van der Waals surface area contributed by atoms with E-state index in [2.05, 4.69) is 21.2 Å². The third-order valence-electron chi connectivity index (χ3n) is 5.60. The van der Waals surface area contributed by atoms with Crippen LogP contribution in [0.2, 0.25) is 0 Å². The highest BCUT2D eigenvalue weighted by Gasteiger charge is 2.56. The molecule has 29 heavy (non-hydrogen) atoms. The molecule has 2 aromatic rings. The van der Waals surface area contributed by atoms with Crippen molar-refractivity contribution in [1.82, 2.24) is 15.1 Å². The summed E-state index contributed by atoms with van der Waals surface area (Å²) in [7, 11) is 1.63. The minimum Gasteiger partial charge on any atom is -0.459 e. The lowest BCUT2D eigenvalue weighted by Crippen LogP contribution is -2.47. The zero-order valence-corrected chi connectivity index (χ0v) is 17.9. The molecule has 7 nitrogen and oxygen atoms in total. The van der Waals surface area contributed by atoms with Gasteiger partial charge in [0.2, 0.25) is 5.91 Å². The molecular weight excluding hydrogens is 438 g/mol. The van der Waals surface area contributed by atoms with E-state index in [1.807, 2.05) is 36.4 Å². The Bertz CT molecular complexity index is 967. The van der Waals surface area contributed by atoms with Gasteiger partial charge in [0.1, 0.15) is 23.6 Å². The molecule has 2 fully saturated rings. The zero-order chi connectivity index (χ0) is 20.8. The van der Waals surface area contributed by atoms with E-state index in [1.54, 1.807) is 14.0 Å². The summed E-state index contributed by atoms with van der Waals surface area (Å²) in [5, 5.41) is 2.76. The van der Waals surface area contributed by atoms with Gasteiger partial charge in [-0.15, -0.1) is 0 Å². The minimum atomic E-state index is -0.878. The first-order valence-electron chi connectivity index (χ1n) is 9.50. The highest BCUT2D eigenvalue weighted by Crippen LogP contribution is 2.42. The second-order valence-corrected chi connectivity index (χ2v) is 8.74. The number of benzene rings is 1. The zero-order valence-electron chi connectivity index (χ0n) is 16.3. The maximum Gasteiger partial charge on any atom is 0.325 e. The molecule has 2 heterocycles. The lowest BCUT2D eigenvalue weighted by atomic mass is 9.96. The fourth-order valence-electron chi connectivity index (χ4n) is 3.61. The highest BCUT2D eigenvalue weighted by molar-refractivity contribution is 9.10. The second kappa shape index (κ2) is 7.33. The van der Waals surface area contributed by atoms with E-state index >= 15 is 0 Å². The van der Waals surface area contributed by atoms with Gasteiger partial charge >= 0.3 is 6.03 Å². The van der Waals surface area contributed by atoms with Gasteiger partial charge in [0.15, 0.2) is 0 Å². The van der Waals surface area contributed by atoms with Gasteiger partial charge in [0, 0.05) is 17.1 Å². The molecule has 4 amide bonds. The average Bonchev–Trinajstić information content (AvgIpc) is 3.41. The molecule has 4 rings (SSSR count). The Kier molecular flexibility index (Phi) is 4.98. The summed E-state index contributed by atoms with van der Waals surface area (Å²) in [5.41, 5.74) is 0.0587. The van der Waals surface area contributed by atoms with Crippen LogP contribution in [0.5, 0.6) is 0 Å². The topological polar surface area (TPSA) is 82.9 Å². The van der Waals surface area contributed by atoms with Gasteiger partial charge in [-0.1, -0.05) is 28.1 Å².